The first-order chi connectivity index (χ1) is 13.7. The van der Waals surface area contributed by atoms with Crippen LogP contribution in [0.3, 0.4) is 0 Å². The van der Waals surface area contributed by atoms with Crippen LogP contribution in [0.25, 0.3) is 0 Å². The molecule has 150 valence electrons. The summed E-state index contributed by atoms with van der Waals surface area (Å²) in [6, 6.07) is 18.9. The Morgan fingerprint density at radius 1 is 0.931 bits per heavy atom. The fourth-order valence-electron chi connectivity index (χ4n) is 2.79. The van der Waals surface area contributed by atoms with E-state index in [-0.39, 0.29) is 21.4 Å². The summed E-state index contributed by atoms with van der Waals surface area (Å²) in [6.07, 6.45) is 0. The topological polar surface area (TPSA) is 75.3 Å². The minimum absolute atomic E-state index is 0.0415. The van der Waals surface area contributed by atoms with Crippen molar-refractivity contribution in [3.05, 3.63) is 94.0 Å². The highest BCUT2D eigenvalue weighted by Gasteiger charge is 2.20. The van der Waals surface area contributed by atoms with Crippen LogP contribution in [0.15, 0.2) is 71.6 Å². The van der Waals surface area contributed by atoms with E-state index in [1.165, 1.54) is 18.2 Å². The van der Waals surface area contributed by atoms with Gasteiger partial charge in [-0.25, -0.2) is 8.42 Å². The molecule has 0 bridgehead atoms. The summed E-state index contributed by atoms with van der Waals surface area (Å²) < 4.78 is 28.0. The lowest BCUT2D eigenvalue weighted by Crippen LogP contribution is -2.23. The van der Waals surface area contributed by atoms with Crippen molar-refractivity contribution in [1.29, 1.82) is 0 Å². The molecule has 0 atom stereocenters. The van der Waals surface area contributed by atoms with Gasteiger partial charge in [0, 0.05) is 17.8 Å². The second-order valence-corrected chi connectivity index (χ2v) is 8.85. The molecule has 7 heteroatoms. The third-order valence-electron chi connectivity index (χ3n) is 4.32. The Kier molecular flexibility index (Phi) is 6.25. The number of anilines is 1. The molecule has 0 aliphatic rings. The predicted octanol–water partition coefficient (Wildman–Crippen LogP) is 4.69. The van der Waals surface area contributed by atoms with Gasteiger partial charge in [-0.05, 0) is 49.7 Å². The Labute approximate surface area is 175 Å². The molecule has 0 aromatic heterocycles. The number of rotatable bonds is 6. The molecule has 0 aliphatic heterocycles. The van der Waals surface area contributed by atoms with Crippen molar-refractivity contribution in [2.24, 2.45) is 0 Å². The third-order valence-corrected chi connectivity index (χ3v) is 6.19. The zero-order valence-corrected chi connectivity index (χ0v) is 17.6. The first kappa shape index (κ1) is 20.9. The molecule has 29 heavy (non-hydrogen) atoms. The maximum Gasteiger partial charge on any atom is 0.263 e. The van der Waals surface area contributed by atoms with Crippen LogP contribution in [0, 0.1) is 13.8 Å². The molecular weight excluding hydrogens is 408 g/mol. The number of carbonyl (C=O) groups excluding carboxylic acids is 1. The van der Waals surface area contributed by atoms with E-state index in [2.05, 4.69) is 10.0 Å². The number of sulfonamides is 1. The SMILES string of the molecule is Cc1ccc(NS(=O)(=O)c2cc(C(=O)NCc3cccc(C)c3)ccc2Cl)cc1. The number of aryl methyl sites for hydroxylation is 2. The van der Waals surface area contributed by atoms with Crippen LogP contribution in [-0.2, 0) is 16.6 Å². The average molecular weight is 429 g/mol. The quantitative estimate of drug-likeness (QED) is 0.598. The summed E-state index contributed by atoms with van der Waals surface area (Å²) in [5, 5.41) is 2.84. The fourth-order valence-corrected chi connectivity index (χ4v) is 4.37. The van der Waals surface area contributed by atoms with Crippen LogP contribution < -0.4 is 10.0 Å². The molecule has 0 saturated carbocycles. The van der Waals surface area contributed by atoms with E-state index >= 15 is 0 Å². The van der Waals surface area contributed by atoms with E-state index in [1.807, 2.05) is 38.1 Å². The van der Waals surface area contributed by atoms with Gasteiger partial charge in [0.15, 0.2) is 0 Å². The zero-order chi connectivity index (χ0) is 21.0. The van der Waals surface area contributed by atoms with E-state index < -0.39 is 10.0 Å². The molecule has 0 fully saturated rings. The van der Waals surface area contributed by atoms with Crippen molar-refractivity contribution in [2.75, 3.05) is 4.72 Å². The minimum Gasteiger partial charge on any atom is -0.348 e. The Morgan fingerprint density at radius 3 is 2.34 bits per heavy atom. The molecule has 0 aliphatic carbocycles. The van der Waals surface area contributed by atoms with E-state index in [1.54, 1.807) is 24.3 Å². The normalized spacial score (nSPS) is 11.1. The number of nitrogens with one attached hydrogen (secondary N) is 2. The summed E-state index contributed by atoms with van der Waals surface area (Å²) in [7, 11) is -3.95. The first-order valence-electron chi connectivity index (χ1n) is 8.97. The fraction of sp³-hybridized carbons (Fsp3) is 0.136. The molecule has 3 aromatic carbocycles. The van der Waals surface area contributed by atoms with Gasteiger partial charge in [0.1, 0.15) is 4.90 Å². The molecular formula is C22H21ClN2O3S. The van der Waals surface area contributed by atoms with Crippen LogP contribution >= 0.6 is 11.6 Å². The van der Waals surface area contributed by atoms with Gasteiger partial charge in [0.05, 0.1) is 5.02 Å². The van der Waals surface area contributed by atoms with Gasteiger partial charge in [-0.3, -0.25) is 9.52 Å². The van der Waals surface area contributed by atoms with Crippen LogP contribution in [0.2, 0.25) is 5.02 Å². The number of hydrogen-bond acceptors (Lipinski definition) is 3. The smallest absolute Gasteiger partial charge is 0.263 e. The Morgan fingerprint density at radius 2 is 1.66 bits per heavy atom. The Hall–Kier alpha value is -2.83. The Balaban J connectivity index is 1.79. The summed E-state index contributed by atoms with van der Waals surface area (Å²) in [5.41, 5.74) is 3.70. The second kappa shape index (κ2) is 8.68. The van der Waals surface area contributed by atoms with E-state index in [9.17, 15) is 13.2 Å². The number of halogens is 1. The molecule has 3 aromatic rings. The van der Waals surface area contributed by atoms with Crippen molar-refractivity contribution in [3.63, 3.8) is 0 Å². The van der Waals surface area contributed by atoms with Gasteiger partial charge in [0.2, 0.25) is 0 Å². The summed E-state index contributed by atoms with van der Waals surface area (Å²) in [6.45, 7) is 4.23. The molecule has 5 nitrogen and oxygen atoms in total. The predicted molar refractivity (Wildman–Crippen MR) is 116 cm³/mol. The van der Waals surface area contributed by atoms with Crippen molar-refractivity contribution >= 4 is 33.2 Å². The highest BCUT2D eigenvalue weighted by atomic mass is 35.5. The largest absolute Gasteiger partial charge is 0.348 e. The van der Waals surface area contributed by atoms with Gasteiger partial charge < -0.3 is 5.32 Å². The molecule has 2 N–H and O–H groups in total. The number of hydrogen-bond donors (Lipinski definition) is 2. The molecule has 0 unspecified atom stereocenters. The lowest BCUT2D eigenvalue weighted by molar-refractivity contribution is 0.0950. The molecule has 0 saturated heterocycles. The molecule has 0 radical (unpaired) electrons. The van der Waals surface area contributed by atoms with Gasteiger partial charge in [-0.1, -0.05) is 59.1 Å². The van der Waals surface area contributed by atoms with Crippen LogP contribution in [0.5, 0.6) is 0 Å². The minimum atomic E-state index is -3.95. The van der Waals surface area contributed by atoms with Crippen molar-refractivity contribution in [3.8, 4) is 0 Å². The van der Waals surface area contributed by atoms with E-state index in [0.717, 1.165) is 16.7 Å². The van der Waals surface area contributed by atoms with Crippen molar-refractivity contribution < 1.29 is 13.2 Å². The van der Waals surface area contributed by atoms with Crippen molar-refractivity contribution in [1.82, 2.24) is 5.32 Å². The third kappa shape index (κ3) is 5.37. The molecule has 1 amide bonds. The maximum atomic E-state index is 12.8. The maximum absolute atomic E-state index is 12.8. The highest BCUT2D eigenvalue weighted by Crippen LogP contribution is 2.25. The summed E-state index contributed by atoms with van der Waals surface area (Å²) in [4.78, 5) is 12.4. The lowest BCUT2D eigenvalue weighted by atomic mass is 10.1. The number of amides is 1. The van der Waals surface area contributed by atoms with Crippen LogP contribution in [0.1, 0.15) is 27.0 Å². The first-order valence-corrected chi connectivity index (χ1v) is 10.8. The Bertz CT molecular complexity index is 1140. The van der Waals surface area contributed by atoms with E-state index in [0.29, 0.717) is 12.2 Å². The monoisotopic (exact) mass is 428 g/mol. The average Bonchev–Trinajstić information content (AvgIpc) is 2.68. The standard InChI is InChI=1S/C22H21ClN2O3S/c1-15-6-9-19(10-7-15)25-29(27,28)21-13-18(8-11-20(21)23)22(26)24-14-17-5-3-4-16(2)12-17/h3-13,25H,14H2,1-2H3,(H,24,26). The van der Waals surface area contributed by atoms with Gasteiger partial charge in [0.25, 0.3) is 15.9 Å². The second-order valence-electron chi connectivity index (χ2n) is 6.79. The van der Waals surface area contributed by atoms with Gasteiger partial charge >= 0.3 is 0 Å². The van der Waals surface area contributed by atoms with Gasteiger partial charge in [-0.2, -0.15) is 0 Å². The van der Waals surface area contributed by atoms with E-state index in [4.69, 9.17) is 11.6 Å². The summed E-state index contributed by atoms with van der Waals surface area (Å²) >= 11 is 6.12. The van der Waals surface area contributed by atoms with Crippen molar-refractivity contribution in [2.45, 2.75) is 25.3 Å². The van der Waals surface area contributed by atoms with Crippen LogP contribution in [0.4, 0.5) is 5.69 Å². The molecule has 0 heterocycles. The zero-order valence-electron chi connectivity index (χ0n) is 16.1. The summed E-state index contributed by atoms with van der Waals surface area (Å²) in [5.74, 6) is -0.380. The lowest BCUT2D eigenvalue weighted by Gasteiger charge is -2.12. The molecule has 0 spiro atoms. The van der Waals surface area contributed by atoms with Crippen LogP contribution in [-0.4, -0.2) is 14.3 Å². The molecule has 3 rings (SSSR count). The highest BCUT2D eigenvalue weighted by molar-refractivity contribution is 7.92. The number of benzene rings is 3. The van der Waals surface area contributed by atoms with Gasteiger partial charge in [-0.15, -0.1) is 0 Å². The number of carbonyl (C=O) groups is 1.